The molecule has 0 aromatic rings. The van der Waals surface area contributed by atoms with Gasteiger partial charge in [0.15, 0.2) is 4.27 Å². The van der Waals surface area contributed by atoms with E-state index in [1.807, 2.05) is 0 Å². The van der Waals surface area contributed by atoms with Crippen molar-refractivity contribution in [3.8, 4) is 0 Å². The molecule has 0 aliphatic carbocycles. The van der Waals surface area contributed by atoms with E-state index in [4.69, 9.17) is 14.9 Å². The van der Waals surface area contributed by atoms with E-state index in [0.29, 0.717) is 6.42 Å². The maximum Gasteiger partial charge on any atom is 0.325 e. The first-order valence-corrected chi connectivity index (χ1v) is 5.87. The van der Waals surface area contributed by atoms with Crippen LogP contribution < -0.4 is 0 Å². The molecule has 2 unspecified atom stereocenters. The Bertz CT molecular complexity index is 224. The van der Waals surface area contributed by atoms with E-state index >= 15 is 0 Å². The van der Waals surface area contributed by atoms with Crippen LogP contribution in [0, 0.1) is 5.92 Å². The average Bonchev–Trinajstić information content (AvgIpc) is 2.26. The average molecular weight is 288 g/mol. The molecule has 5 nitrogen and oxygen atoms in total. The number of carbonyl (C=O) groups excluding carboxylic acids is 1. The molecule has 0 aliphatic rings. The highest BCUT2D eigenvalue weighted by atomic mass is 32.2. The third-order valence-electron chi connectivity index (χ3n) is 1.94. The quantitative estimate of drug-likeness (QED) is 0.264. The maximum absolute atomic E-state index is 11.3. The monoisotopic (exact) mass is 288 g/mol. The van der Waals surface area contributed by atoms with Crippen LogP contribution in [-0.2, 0) is 13.7 Å². The number of aliphatic hydroxyl groups is 2. The summed E-state index contributed by atoms with van der Waals surface area (Å²) >= 11 is 11.6. The number of carbonyl (C=O) groups is 1. The van der Waals surface area contributed by atoms with Gasteiger partial charge in [0.1, 0.15) is 12.0 Å². The molecule has 2 N–H and O–H groups in total. The van der Waals surface area contributed by atoms with Crippen LogP contribution in [0.15, 0.2) is 0 Å². The van der Waals surface area contributed by atoms with Gasteiger partial charge < -0.3 is 19.1 Å². The highest BCUT2D eigenvalue weighted by molar-refractivity contribution is 8.00. The van der Waals surface area contributed by atoms with Gasteiger partial charge in [0.05, 0.1) is 13.2 Å². The predicted molar refractivity (Wildman–Crippen MR) is 68.6 cm³/mol. The fraction of sp³-hybridized carbons (Fsp3) is 0.875. The van der Waals surface area contributed by atoms with Gasteiger partial charge >= 0.3 is 5.97 Å². The molecule has 16 heavy (non-hydrogen) atoms. The summed E-state index contributed by atoms with van der Waals surface area (Å²) in [5.41, 5.74) is 0. The minimum atomic E-state index is -1.38. The SMILES string of the molecule is CCC(C(=O)OS)C(S)(S)OCC(O)CO. The topological polar surface area (TPSA) is 76.0 Å². The van der Waals surface area contributed by atoms with Gasteiger partial charge in [-0.2, -0.15) is 0 Å². The molecule has 0 bridgehead atoms. The van der Waals surface area contributed by atoms with Gasteiger partial charge in [0.2, 0.25) is 0 Å². The van der Waals surface area contributed by atoms with Crippen LogP contribution in [0.1, 0.15) is 13.3 Å². The van der Waals surface area contributed by atoms with Crippen molar-refractivity contribution in [2.45, 2.75) is 23.7 Å². The normalized spacial score (nSPS) is 15.6. The molecule has 0 saturated heterocycles. The largest absolute Gasteiger partial charge is 0.394 e. The second-order valence-electron chi connectivity index (χ2n) is 3.18. The van der Waals surface area contributed by atoms with Crippen molar-refractivity contribution in [3.63, 3.8) is 0 Å². The molecule has 0 aromatic carbocycles. The van der Waals surface area contributed by atoms with Crippen LogP contribution in [0.4, 0.5) is 0 Å². The van der Waals surface area contributed by atoms with Crippen LogP contribution in [0.3, 0.4) is 0 Å². The molecule has 0 rings (SSSR count). The van der Waals surface area contributed by atoms with Crippen molar-refractivity contribution in [1.29, 1.82) is 0 Å². The van der Waals surface area contributed by atoms with Crippen LogP contribution in [-0.4, -0.2) is 39.8 Å². The Balaban J connectivity index is 4.42. The highest BCUT2D eigenvalue weighted by Gasteiger charge is 2.38. The highest BCUT2D eigenvalue weighted by Crippen LogP contribution is 2.34. The van der Waals surface area contributed by atoms with Crippen molar-refractivity contribution in [1.82, 2.24) is 0 Å². The van der Waals surface area contributed by atoms with Gasteiger partial charge in [-0.15, -0.1) is 25.3 Å². The van der Waals surface area contributed by atoms with Crippen molar-refractivity contribution in [3.05, 3.63) is 0 Å². The van der Waals surface area contributed by atoms with Crippen molar-refractivity contribution in [2.24, 2.45) is 5.92 Å². The fourth-order valence-electron chi connectivity index (χ4n) is 1.02. The minimum Gasteiger partial charge on any atom is -0.394 e. The van der Waals surface area contributed by atoms with Crippen molar-refractivity contribution >= 4 is 44.1 Å². The summed E-state index contributed by atoms with van der Waals surface area (Å²) in [6.45, 7) is 1.12. The molecule has 0 saturated carbocycles. The number of hydrogen-bond acceptors (Lipinski definition) is 8. The summed E-state index contributed by atoms with van der Waals surface area (Å²) in [4.78, 5) is 11.3. The lowest BCUT2D eigenvalue weighted by molar-refractivity contribution is -0.142. The first-order chi connectivity index (χ1) is 7.38. The number of thiol groups is 3. The van der Waals surface area contributed by atoms with Crippen molar-refractivity contribution < 1.29 is 23.9 Å². The number of aliphatic hydroxyl groups excluding tert-OH is 2. The lowest BCUT2D eigenvalue weighted by atomic mass is 10.1. The molecule has 0 heterocycles. The lowest BCUT2D eigenvalue weighted by Crippen LogP contribution is -2.38. The van der Waals surface area contributed by atoms with E-state index in [1.165, 1.54) is 0 Å². The van der Waals surface area contributed by atoms with Gasteiger partial charge in [0, 0.05) is 12.9 Å². The zero-order valence-corrected chi connectivity index (χ0v) is 11.4. The Hall–Kier alpha value is 0.400. The molecule has 8 heteroatoms. The molecule has 0 radical (unpaired) electrons. The van der Waals surface area contributed by atoms with Crippen LogP contribution >= 0.6 is 38.2 Å². The molecule has 0 aromatic heterocycles. The third-order valence-corrected chi connectivity index (χ3v) is 3.00. The van der Waals surface area contributed by atoms with Gasteiger partial charge in [-0.05, 0) is 6.42 Å². The molecule has 0 spiro atoms. The molecular formula is C8H16O5S3. The number of rotatable bonds is 7. The van der Waals surface area contributed by atoms with Gasteiger partial charge in [0.25, 0.3) is 0 Å². The van der Waals surface area contributed by atoms with Crippen LogP contribution in [0.2, 0.25) is 0 Å². The standard InChI is InChI=1S/C8H16O5S3/c1-2-6(7(11)13-16)8(14,15)12-4-5(10)3-9/h5-6,9-10,14-16H,2-4H2,1H3. The minimum absolute atomic E-state index is 0.181. The van der Waals surface area contributed by atoms with Crippen LogP contribution in [0.25, 0.3) is 0 Å². The third kappa shape index (κ3) is 5.15. The van der Waals surface area contributed by atoms with E-state index in [9.17, 15) is 4.79 Å². The summed E-state index contributed by atoms with van der Waals surface area (Å²) in [7, 11) is 0. The van der Waals surface area contributed by atoms with Gasteiger partial charge in [-0.3, -0.25) is 4.79 Å². The predicted octanol–water partition coefficient (Wildman–Crippen LogP) is 0.284. The second kappa shape index (κ2) is 7.67. The Morgan fingerprint density at radius 1 is 1.50 bits per heavy atom. The molecule has 0 aliphatic heterocycles. The molecular weight excluding hydrogens is 272 g/mol. The Morgan fingerprint density at radius 2 is 2.06 bits per heavy atom. The lowest BCUT2D eigenvalue weighted by Gasteiger charge is -2.30. The van der Waals surface area contributed by atoms with E-state index in [-0.39, 0.29) is 6.61 Å². The Kier molecular flexibility index (Phi) is 7.87. The van der Waals surface area contributed by atoms with E-state index in [1.54, 1.807) is 6.92 Å². The number of ether oxygens (including phenoxy) is 1. The first kappa shape index (κ1) is 16.4. The zero-order valence-electron chi connectivity index (χ0n) is 8.74. The van der Waals surface area contributed by atoms with Gasteiger partial charge in [-0.25, -0.2) is 0 Å². The van der Waals surface area contributed by atoms with Crippen LogP contribution in [0.5, 0.6) is 0 Å². The summed E-state index contributed by atoms with van der Waals surface area (Å²) in [6, 6.07) is 0. The molecule has 0 fully saturated rings. The zero-order chi connectivity index (χ0) is 12.8. The summed E-state index contributed by atoms with van der Waals surface area (Å²) in [6.07, 6.45) is -0.648. The molecule has 2 atom stereocenters. The smallest absolute Gasteiger partial charge is 0.325 e. The van der Waals surface area contributed by atoms with Gasteiger partial charge in [-0.1, -0.05) is 6.92 Å². The first-order valence-electron chi connectivity index (χ1n) is 4.61. The fourth-order valence-corrected chi connectivity index (χ4v) is 1.87. The van der Waals surface area contributed by atoms with Crippen molar-refractivity contribution in [2.75, 3.05) is 13.2 Å². The maximum atomic E-state index is 11.3. The van der Waals surface area contributed by atoms with E-state index in [0.717, 1.165) is 0 Å². The van der Waals surface area contributed by atoms with E-state index < -0.39 is 28.9 Å². The Labute approximate surface area is 111 Å². The summed E-state index contributed by atoms with van der Waals surface area (Å²) in [5.74, 6) is -1.35. The molecule has 96 valence electrons. The summed E-state index contributed by atoms with van der Waals surface area (Å²) < 4.78 is 8.05. The molecule has 0 amide bonds. The Morgan fingerprint density at radius 3 is 2.44 bits per heavy atom. The van der Waals surface area contributed by atoms with E-state index in [2.05, 4.69) is 42.4 Å². The second-order valence-corrected chi connectivity index (χ2v) is 5.04. The summed E-state index contributed by atoms with van der Waals surface area (Å²) in [5, 5.41) is 17.7. The number of hydrogen-bond donors (Lipinski definition) is 5.